The summed E-state index contributed by atoms with van der Waals surface area (Å²) in [5.74, 6) is -0.631. The lowest BCUT2D eigenvalue weighted by Crippen LogP contribution is -2.42. The molecule has 0 radical (unpaired) electrons. The van der Waals surface area contributed by atoms with Gasteiger partial charge in [-0.3, -0.25) is 19.5 Å². The number of ether oxygens (including phenoxy) is 2. The molecule has 172 valence electrons. The molecule has 0 spiro atoms. The molecule has 1 N–H and O–H groups in total. The number of pyridine rings is 1. The van der Waals surface area contributed by atoms with E-state index in [9.17, 15) is 14.7 Å². The Labute approximate surface area is 192 Å². The minimum atomic E-state index is -0.669. The Hall–Kier alpha value is -3.23. The molecule has 0 saturated carbocycles. The first-order valence-corrected chi connectivity index (χ1v) is 11.3. The summed E-state index contributed by atoms with van der Waals surface area (Å²) in [7, 11) is 0. The van der Waals surface area contributed by atoms with Crippen molar-refractivity contribution in [3.63, 3.8) is 0 Å². The van der Waals surface area contributed by atoms with Gasteiger partial charge in [-0.15, -0.1) is 0 Å². The number of carbonyl (C=O) groups excluding carboxylic acids is 2. The molecule has 1 amide bonds. The van der Waals surface area contributed by atoms with Gasteiger partial charge >= 0.3 is 0 Å². The normalized spacial score (nSPS) is 24.7. The number of rotatable bonds is 5. The number of carbonyl (C=O) groups is 2. The van der Waals surface area contributed by atoms with Crippen molar-refractivity contribution in [3.05, 3.63) is 65.0 Å². The lowest BCUT2D eigenvalue weighted by Gasteiger charge is -2.31. The fraction of sp³-hybridized carbons (Fsp3) is 0.400. The molecule has 0 bridgehead atoms. The van der Waals surface area contributed by atoms with Crippen molar-refractivity contribution in [2.24, 2.45) is 0 Å². The van der Waals surface area contributed by atoms with E-state index in [0.717, 1.165) is 36.4 Å². The molecule has 2 saturated heterocycles. The molecule has 2 fully saturated rings. The van der Waals surface area contributed by atoms with E-state index in [2.05, 4.69) is 9.88 Å². The van der Waals surface area contributed by atoms with Crippen LogP contribution in [0, 0.1) is 0 Å². The molecule has 8 nitrogen and oxygen atoms in total. The van der Waals surface area contributed by atoms with Crippen LogP contribution < -0.4 is 4.74 Å². The van der Waals surface area contributed by atoms with Crippen molar-refractivity contribution in [3.8, 4) is 5.75 Å². The van der Waals surface area contributed by atoms with Crippen LogP contribution in [0.25, 0.3) is 5.76 Å². The van der Waals surface area contributed by atoms with Crippen LogP contribution in [0.15, 0.2) is 48.3 Å². The van der Waals surface area contributed by atoms with Gasteiger partial charge in [0, 0.05) is 50.6 Å². The second kappa shape index (κ2) is 8.96. The van der Waals surface area contributed by atoms with Gasteiger partial charge < -0.3 is 19.5 Å². The summed E-state index contributed by atoms with van der Waals surface area (Å²) in [4.78, 5) is 34.1. The molecule has 1 aromatic carbocycles. The van der Waals surface area contributed by atoms with E-state index in [4.69, 9.17) is 9.47 Å². The van der Waals surface area contributed by atoms with Gasteiger partial charge in [-0.25, -0.2) is 0 Å². The number of amides is 1. The fourth-order valence-corrected chi connectivity index (χ4v) is 4.80. The average molecular weight is 450 g/mol. The Morgan fingerprint density at radius 2 is 1.88 bits per heavy atom. The van der Waals surface area contributed by atoms with Crippen LogP contribution in [0.4, 0.5) is 0 Å². The number of likely N-dealkylation sites (tertiary alicyclic amines) is 1. The lowest BCUT2D eigenvalue weighted by atomic mass is 9.95. The Morgan fingerprint density at radius 1 is 1.12 bits per heavy atom. The number of ketones is 1. The van der Waals surface area contributed by atoms with Gasteiger partial charge in [-0.1, -0.05) is 0 Å². The van der Waals surface area contributed by atoms with Gasteiger partial charge in [0.15, 0.2) is 0 Å². The number of hydrogen-bond donors (Lipinski definition) is 1. The van der Waals surface area contributed by atoms with E-state index < -0.39 is 17.7 Å². The van der Waals surface area contributed by atoms with Gasteiger partial charge in [0.05, 0.1) is 24.8 Å². The zero-order valence-corrected chi connectivity index (χ0v) is 18.6. The molecule has 2 aromatic rings. The third-order valence-electron chi connectivity index (χ3n) is 6.49. The molecule has 0 unspecified atom stereocenters. The smallest absolute Gasteiger partial charge is 0.295 e. The highest BCUT2D eigenvalue weighted by Crippen LogP contribution is 2.40. The summed E-state index contributed by atoms with van der Waals surface area (Å²) >= 11 is 0. The Morgan fingerprint density at radius 3 is 2.64 bits per heavy atom. The van der Waals surface area contributed by atoms with Crippen LogP contribution in [0.5, 0.6) is 5.75 Å². The van der Waals surface area contributed by atoms with Gasteiger partial charge in [-0.2, -0.15) is 0 Å². The van der Waals surface area contributed by atoms with Gasteiger partial charge in [0.2, 0.25) is 0 Å². The number of benzene rings is 1. The number of fused-ring (bicyclic) bond motifs is 1. The summed E-state index contributed by atoms with van der Waals surface area (Å²) < 4.78 is 11.2. The molecule has 2 atom stereocenters. The van der Waals surface area contributed by atoms with Gasteiger partial charge in [-0.05, 0) is 48.4 Å². The summed E-state index contributed by atoms with van der Waals surface area (Å²) in [5.41, 5.74) is 2.34. The maximum Gasteiger partial charge on any atom is 0.295 e. The zero-order valence-electron chi connectivity index (χ0n) is 18.6. The first-order valence-electron chi connectivity index (χ1n) is 11.3. The minimum Gasteiger partial charge on any atom is -0.507 e. The second-order valence-electron chi connectivity index (χ2n) is 8.68. The van der Waals surface area contributed by atoms with Crippen molar-refractivity contribution in [2.45, 2.75) is 25.5 Å². The van der Waals surface area contributed by atoms with E-state index in [-0.39, 0.29) is 17.4 Å². The van der Waals surface area contributed by atoms with Crippen molar-refractivity contribution in [1.29, 1.82) is 0 Å². The fourth-order valence-electron chi connectivity index (χ4n) is 4.80. The van der Waals surface area contributed by atoms with Crippen molar-refractivity contribution < 1.29 is 24.2 Å². The second-order valence-corrected chi connectivity index (χ2v) is 8.68. The van der Waals surface area contributed by atoms with Crippen LogP contribution in [-0.4, -0.2) is 77.1 Å². The van der Waals surface area contributed by atoms with E-state index in [0.29, 0.717) is 31.9 Å². The molecular weight excluding hydrogens is 422 g/mol. The Balaban J connectivity index is 1.51. The standard InChI is InChI=1S/C25H27N3O5/c1-16-14-19-15-18(2-3-20(19)33-16)23(29)21-22(17-4-6-26-7-5-17)28(25(31)24(21)30)9-8-27-10-12-32-13-11-27/h2-7,15-16,22,29H,8-14H2,1H3/t16-,22-/m1/s1. The molecule has 3 aliphatic rings. The molecule has 8 heteroatoms. The first kappa shape index (κ1) is 21.6. The summed E-state index contributed by atoms with van der Waals surface area (Å²) in [5, 5.41) is 11.3. The van der Waals surface area contributed by atoms with E-state index in [1.54, 1.807) is 35.5 Å². The number of hydrogen-bond acceptors (Lipinski definition) is 7. The lowest BCUT2D eigenvalue weighted by molar-refractivity contribution is -0.140. The molecular formula is C25H27N3O5. The molecule has 0 aliphatic carbocycles. The molecule has 1 aromatic heterocycles. The average Bonchev–Trinajstić information content (AvgIpc) is 3.34. The molecule has 5 rings (SSSR count). The summed E-state index contributed by atoms with van der Waals surface area (Å²) in [6.45, 7) is 5.90. The highest BCUT2D eigenvalue weighted by Gasteiger charge is 2.46. The first-order chi connectivity index (χ1) is 16.0. The van der Waals surface area contributed by atoms with Crippen LogP contribution in [0.2, 0.25) is 0 Å². The number of aliphatic hydroxyl groups is 1. The number of aromatic nitrogens is 1. The number of nitrogens with zero attached hydrogens (tertiary/aromatic N) is 3. The minimum absolute atomic E-state index is 0.0694. The number of morpholine rings is 1. The van der Waals surface area contributed by atoms with Gasteiger partial charge in [0.1, 0.15) is 17.6 Å². The third kappa shape index (κ3) is 4.12. The quantitative estimate of drug-likeness (QED) is 0.425. The highest BCUT2D eigenvalue weighted by molar-refractivity contribution is 6.46. The van der Waals surface area contributed by atoms with Crippen molar-refractivity contribution in [1.82, 2.24) is 14.8 Å². The monoisotopic (exact) mass is 449 g/mol. The maximum atomic E-state index is 13.2. The molecule has 33 heavy (non-hydrogen) atoms. The Kier molecular flexibility index (Phi) is 5.86. The van der Waals surface area contributed by atoms with Gasteiger partial charge in [0.25, 0.3) is 11.7 Å². The molecule has 3 aliphatic heterocycles. The van der Waals surface area contributed by atoms with Crippen LogP contribution in [-0.2, 0) is 20.7 Å². The summed E-state index contributed by atoms with van der Waals surface area (Å²) in [6, 6.07) is 8.28. The maximum absolute atomic E-state index is 13.2. The van der Waals surface area contributed by atoms with E-state index >= 15 is 0 Å². The third-order valence-corrected chi connectivity index (χ3v) is 6.49. The van der Waals surface area contributed by atoms with Crippen molar-refractivity contribution >= 4 is 17.4 Å². The van der Waals surface area contributed by atoms with Crippen LogP contribution in [0.3, 0.4) is 0 Å². The topological polar surface area (TPSA) is 92.2 Å². The predicted octanol–water partition coefficient (Wildman–Crippen LogP) is 2.16. The largest absolute Gasteiger partial charge is 0.507 e. The SMILES string of the molecule is C[C@@H]1Cc2cc(C(O)=C3C(=O)C(=O)N(CCN4CCOCC4)[C@@H]3c3ccncc3)ccc2O1. The Bertz CT molecular complexity index is 1090. The van der Waals surface area contributed by atoms with Crippen LogP contribution >= 0.6 is 0 Å². The molecule has 4 heterocycles. The zero-order chi connectivity index (χ0) is 22.9. The predicted molar refractivity (Wildman–Crippen MR) is 121 cm³/mol. The highest BCUT2D eigenvalue weighted by atomic mass is 16.5. The summed E-state index contributed by atoms with van der Waals surface area (Å²) in [6.07, 6.45) is 4.06. The number of Topliss-reactive ketones (excluding diaryl/α,β-unsaturated/α-hetero) is 1. The van der Waals surface area contributed by atoms with Crippen LogP contribution in [0.1, 0.15) is 29.7 Å². The van der Waals surface area contributed by atoms with E-state index in [1.165, 1.54) is 0 Å². The van der Waals surface area contributed by atoms with E-state index in [1.807, 2.05) is 19.1 Å². The number of aliphatic hydroxyl groups excluding tert-OH is 1. The van der Waals surface area contributed by atoms with Crippen molar-refractivity contribution in [2.75, 3.05) is 39.4 Å².